The number of aliphatic hydroxyl groups excluding tert-OH is 1. The van der Waals surface area contributed by atoms with E-state index in [9.17, 15) is 13.9 Å². The molecule has 0 radical (unpaired) electrons. The van der Waals surface area contributed by atoms with E-state index in [1.165, 1.54) is 17.7 Å². The fourth-order valence-electron chi connectivity index (χ4n) is 3.89. The van der Waals surface area contributed by atoms with Crippen LogP contribution in [0.1, 0.15) is 36.8 Å². The summed E-state index contributed by atoms with van der Waals surface area (Å²) in [5.41, 5.74) is 1.70. The Kier molecular flexibility index (Phi) is 6.38. The molecule has 1 aliphatic rings. The van der Waals surface area contributed by atoms with Crippen molar-refractivity contribution in [3.8, 4) is 0 Å². The van der Waals surface area contributed by atoms with E-state index >= 15 is 0 Å². The Morgan fingerprint density at radius 1 is 1.00 bits per heavy atom. The zero-order valence-electron chi connectivity index (χ0n) is 15.1. The maximum Gasteiger partial charge on any atom is 0.127 e. The molecule has 2 aromatic carbocycles. The zero-order valence-corrected chi connectivity index (χ0v) is 15.1. The van der Waals surface area contributed by atoms with Crippen molar-refractivity contribution >= 4 is 0 Å². The second kappa shape index (κ2) is 8.74. The van der Waals surface area contributed by atoms with Gasteiger partial charge in [0.2, 0.25) is 0 Å². The number of aliphatic hydroxyl groups is 1. The van der Waals surface area contributed by atoms with Gasteiger partial charge in [0.05, 0.1) is 0 Å². The maximum atomic E-state index is 13.8. The predicted octanol–water partition coefficient (Wildman–Crippen LogP) is 4.56. The number of hydrogen-bond donors (Lipinski definition) is 1. The van der Waals surface area contributed by atoms with Crippen LogP contribution in [0.5, 0.6) is 0 Å². The van der Waals surface area contributed by atoms with Gasteiger partial charge in [0, 0.05) is 18.7 Å². The second-order valence-corrected chi connectivity index (χ2v) is 7.51. The van der Waals surface area contributed by atoms with Gasteiger partial charge in [0.15, 0.2) is 0 Å². The largest absolute Gasteiger partial charge is 0.396 e. The molecule has 2 aromatic rings. The first-order chi connectivity index (χ1) is 12.6. The Balaban J connectivity index is 1.51. The summed E-state index contributed by atoms with van der Waals surface area (Å²) >= 11 is 0. The maximum absolute atomic E-state index is 13.8. The molecular formula is C22H27F2NO. The lowest BCUT2D eigenvalue weighted by Crippen LogP contribution is -2.41. The van der Waals surface area contributed by atoms with Crippen molar-refractivity contribution in [2.24, 2.45) is 5.41 Å². The Morgan fingerprint density at radius 2 is 1.73 bits per heavy atom. The molecule has 0 aliphatic carbocycles. The Hall–Kier alpha value is -1.78. The summed E-state index contributed by atoms with van der Waals surface area (Å²) in [5.74, 6) is -0.753. The predicted molar refractivity (Wildman–Crippen MR) is 99.8 cm³/mol. The molecule has 2 nitrogen and oxygen atoms in total. The highest BCUT2D eigenvalue weighted by Crippen LogP contribution is 2.36. The van der Waals surface area contributed by atoms with Crippen LogP contribution >= 0.6 is 0 Å². The summed E-state index contributed by atoms with van der Waals surface area (Å²) < 4.78 is 27.2. The van der Waals surface area contributed by atoms with Gasteiger partial charge in [-0.25, -0.2) is 8.78 Å². The molecule has 0 atom stereocenters. The summed E-state index contributed by atoms with van der Waals surface area (Å²) in [6.07, 6.45) is 4.88. The average molecular weight is 359 g/mol. The quantitative estimate of drug-likeness (QED) is 0.783. The molecule has 1 fully saturated rings. The third-order valence-electron chi connectivity index (χ3n) is 5.67. The number of likely N-dealkylation sites (tertiary alicyclic amines) is 1. The van der Waals surface area contributed by atoms with Gasteiger partial charge in [-0.1, -0.05) is 30.3 Å². The Morgan fingerprint density at radius 3 is 2.42 bits per heavy atom. The fourth-order valence-corrected chi connectivity index (χ4v) is 3.89. The number of halogens is 2. The van der Waals surface area contributed by atoms with Crippen LogP contribution in [0.15, 0.2) is 48.5 Å². The normalized spacial score (nSPS) is 17.3. The molecule has 0 amide bonds. The number of hydrogen-bond acceptors (Lipinski definition) is 2. The van der Waals surface area contributed by atoms with Gasteiger partial charge in [-0.15, -0.1) is 0 Å². The SMILES string of the molecule is OCC1(CCCc2ccccc2)CCN(Cc2cc(F)ccc2F)CC1. The summed E-state index contributed by atoms with van der Waals surface area (Å²) in [7, 11) is 0. The molecule has 26 heavy (non-hydrogen) atoms. The molecule has 1 N–H and O–H groups in total. The number of benzene rings is 2. The van der Waals surface area contributed by atoms with Crippen molar-refractivity contribution in [1.82, 2.24) is 4.90 Å². The molecule has 140 valence electrons. The summed E-state index contributed by atoms with van der Waals surface area (Å²) in [6.45, 7) is 2.24. The minimum absolute atomic E-state index is 0.0359. The van der Waals surface area contributed by atoms with Gasteiger partial charge in [0.25, 0.3) is 0 Å². The molecule has 1 saturated heterocycles. The van der Waals surface area contributed by atoms with Crippen LogP contribution in [0.2, 0.25) is 0 Å². The van der Waals surface area contributed by atoms with Crippen LogP contribution in [-0.4, -0.2) is 29.7 Å². The highest BCUT2D eigenvalue weighted by molar-refractivity contribution is 5.19. The van der Waals surface area contributed by atoms with E-state index < -0.39 is 5.82 Å². The number of aryl methyl sites for hydroxylation is 1. The molecule has 3 rings (SSSR count). The van der Waals surface area contributed by atoms with E-state index in [2.05, 4.69) is 29.2 Å². The van der Waals surface area contributed by atoms with E-state index in [0.717, 1.165) is 51.3 Å². The van der Waals surface area contributed by atoms with E-state index in [1.807, 2.05) is 6.07 Å². The summed E-state index contributed by atoms with van der Waals surface area (Å²) in [6, 6.07) is 14.0. The van der Waals surface area contributed by atoms with Crippen LogP contribution in [0.3, 0.4) is 0 Å². The molecule has 4 heteroatoms. The van der Waals surface area contributed by atoms with Gasteiger partial charge >= 0.3 is 0 Å². The smallest absolute Gasteiger partial charge is 0.127 e. The Bertz CT molecular complexity index is 697. The van der Waals surface area contributed by atoms with Gasteiger partial charge in [0.1, 0.15) is 11.6 Å². The van der Waals surface area contributed by atoms with Crippen molar-refractivity contribution in [3.05, 3.63) is 71.3 Å². The third-order valence-corrected chi connectivity index (χ3v) is 5.67. The highest BCUT2D eigenvalue weighted by Gasteiger charge is 2.33. The number of piperidine rings is 1. The van der Waals surface area contributed by atoms with Gasteiger partial charge in [-0.05, 0) is 74.4 Å². The summed E-state index contributed by atoms with van der Waals surface area (Å²) in [5, 5.41) is 9.97. The Labute approximate surface area is 154 Å². The topological polar surface area (TPSA) is 23.5 Å². The van der Waals surface area contributed by atoms with Crippen molar-refractivity contribution in [3.63, 3.8) is 0 Å². The van der Waals surface area contributed by atoms with Gasteiger partial charge in [-0.2, -0.15) is 0 Å². The van der Waals surface area contributed by atoms with Crippen LogP contribution < -0.4 is 0 Å². The monoisotopic (exact) mass is 359 g/mol. The first-order valence-corrected chi connectivity index (χ1v) is 9.41. The molecule has 0 saturated carbocycles. The zero-order chi connectivity index (χ0) is 18.4. The molecule has 1 heterocycles. The van der Waals surface area contributed by atoms with Gasteiger partial charge in [-0.3, -0.25) is 4.90 Å². The molecule has 0 aromatic heterocycles. The van der Waals surface area contributed by atoms with Crippen molar-refractivity contribution in [2.45, 2.75) is 38.6 Å². The van der Waals surface area contributed by atoms with E-state index in [1.54, 1.807) is 0 Å². The first-order valence-electron chi connectivity index (χ1n) is 9.41. The van der Waals surface area contributed by atoms with Crippen LogP contribution in [0.4, 0.5) is 8.78 Å². The van der Waals surface area contributed by atoms with Crippen molar-refractivity contribution in [1.29, 1.82) is 0 Å². The second-order valence-electron chi connectivity index (χ2n) is 7.51. The number of rotatable bonds is 7. The van der Waals surface area contributed by atoms with Crippen LogP contribution in [-0.2, 0) is 13.0 Å². The lowest BCUT2D eigenvalue weighted by molar-refractivity contribution is 0.0326. The van der Waals surface area contributed by atoms with E-state index in [-0.39, 0.29) is 17.8 Å². The fraction of sp³-hybridized carbons (Fsp3) is 0.455. The third kappa shape index (κ3) is 4.89. The minimum atomic E-state index is -0.399. The lowest BCUT2D eigenvalue weighted by atomic mass is 9.75. The molecule has 0 unspecified atom stereocenters. The standard InChI is InChI=1S/C22H27F2NO/c23-20-8-9-21(24)19(15-20)16-25-13-11-22(17-26,12-14-25)10-4-7-18-5-2-1-3-6-18/h1-3,5-6,8-9,15,26H,4,7,10-14,16-17H2. The van der Waals surface area contributed by atoms with E-state index in [4.69, 9.17) is 0 Å². The lowest BCUT2D eigenvalue weighted by Gasteiger charge is -2.41. The van der Waals surface area contributed by atoms with Crippen molar-refractivity contribution < 1.29 is 13.9 Å². The average Bonchev–Trinajstić information content (AvgIpc) is 2.67. The highest BCUT2D eigenvalue weighted by atomic mass is 19.1. The van der Waals surface area contributed by atoms with E-state index in [0.29, 0.717) is 12.1 Å². The van der Waals surface area contributed by atoms with Crippen LogP contribution in [0, 0.1) is 17.0 Å². The van der Waals surface area contributed by atoms with Gasteiger partial charge < -0.3 is 5.11 Å². The molecule has 0 bridgehead atoms. The number of nitrogens with zero attached hydrogens (tertiary/aromatic N) is 1. The molecular weight excluding hydrogens is 332 g/mol. The van der Waals surface area contributed by atoms with Crippen LogP contribution in [0.25, 0.3) is 0 Å². The van der Waals surface area contributed by atoms with Crippen molar-refractivity contribution in [2.75, 3.05) is 19.7 Å². The summed E-state index contributed by atoms with van der Waals surface area (Å²) in [4.78, 5) is 2.16. The molecule has 0 spiro atoms. The molecule has 1 aliphatic heterocycles. The first kappa shape index (κ1) is 19.0. The minimum Gasteiger partial charge on any atom is -0.396 e.